The molecule has 1 aliphatic rings. The van der Waals surface area contributed by atoms with Gasteiger partial charge in [0.05, 0.1) is 5.54 Å². The van der Waals surface area contributed by atoms with Crippen molar-refractivity contribution in [3.8, 4) is 5.75 Å². The van der Waals surface area contributed by atoms with Crippen LogP contribution >= 0.6 is 0 Å². The summed E-state index contributed by atoms with van der Waals surface area (Å²) < 4.78 is 25.0. The van der Waals surface area contributed by atoms with E-state index < -0.39 is 17.3 Å². The van der Waals surface area contributed by atoms with Crippen LogP contribution in [0.3, 0.4) is 0 Å². The zero-order valence-corrected chi connectivity index (χ0v) is 21.5. The number of ether oxygens (including phenoxy) is 2. The molecule has 6 nitrogen and oxygen atoms in total. The van der Waals surface area contributed by atoms with Gasteiger partial charge in [0.25, 0.3) is 5.91 Å². The Morgan fingerprint density at radius 1 is 0.923 bits per heavy atom. The van der Waals surface area contributed by atoms with Crippen molar-refractivity contribution in [3.63, 3.8) is 0 Å². The van der Waals surface area contributed by atoms with Crippen LogP contribution in [0.25, 0.3) is 10.8 Å². The summed E-state index contributed by atoms with van der Waals surface area (Å²) in [6, 6.07) is 25.5. The third kappa shape index (κ3) is 6.26. The molecule has 7 heteroatoms. The summed E-state index contributed by atoms with van der Waals surface area (Å²) >= 11 is 0. The lowest BCUT2D eigenvalue weighted by atomic mass is 9.81. The monoisotopic (exact) mass is 527 g/mol. The number of carbonyl (C=O) groups excluding carboxylic acids is 1. The van der Waals surface area contributed by atoms with Crippen LogP contribution in [-0.4, -0.2) is 30.2 Å². The first-order valence-corrected chi connectivity index (χ1v) is 13.0. The zero-order chi connectivity index (χ0) is 27.2. The molecule has 200 valence electrons. The van der Waals surface area contributed by atoms with E-state index in [0.717, 1.165) is 21.9 Å². The quantitative estimate of drug-likeness (QED) is 0.278. The number of carboxylic acids is 1. The van der Waals surface area contributed by atoms with Crippen molar-refractivity contribution in [1.82, 2.24) is 5.32 Å². The number of rotatable bonds is 9. The number of hydrogen-bond acceptors (Lipinski definition) is 4. The Morgan fingerprint density at radius 3 is 2.49 bits per heavy atom. The minimum atomic E-state index is -0.933. The van der Waals surface area contributed by atoms with Crippen molar-refractivity contribution in [2.75, 3.05) is 13.2 Å². The fraction of sp³-hybridized carbons (Fsp3) is 0.250. The maximum atomic E-state index is 13.9. The molecule has 0 aromatic heterocycles. The van der Waals surface area contributed by atoms with E-state index in [1.54, 1.807) is 30.3 Å². The average Bonchev–Trinajstić information content (AvgIpc) is 2.95. The van der Waals surface area contributed by atoms with Crippen molar-refractivity contribution in [2.24, 2.45) is 0 Å². The number of benzene rings is 4. The molecule has 0 aliphatic carbocycles. The van der Waals surface area contributed by atoms with Gasteiger partial charge in [-0.3, -0.25) is 9.59 Å². The summed E-state index contributed by atoms with van der Waals surface area (Å²) in [5, 5.41) is 14.8. The second-order valence-corrected chi connectivity index (χ2v) is 9.84. The molecule has 39 heavy (non-hydrogen) atoms. The average molecular weight is 528 g/mol. The molecule has 1 fully saturated rings. The Labute approximate surface area is 226 Å². The topological polar surface area (TPSA) is 84.9 Å². The number of hydrogen-bond donors (Lipinski definition) is 2. The zero-order valence-electron chi connectivity index (χ0n) is 21.5. The molecule has 1 aliphatic heterocycles. The molecule has 2 N–H and O–H groups in total. The van der Waals surface area contributed by atoms with Crippen LogP contribution in [0.5, 0.6) is 5.75 Å². The first-order valence-electron chi connectivity index (χ1n) is 13.0. The van der Waals surface area contributed by atoms with Crippen LogP contribution < -0.4 is 10.1 Å². The van der Waals surface area contributed by atoms with Gasteiger partial charge in [-0.2, -0.15) is 0 Å². The molecule has 1 saturated heterocycles. The molecule has 0 atom stereocenters. The van der Waals surface area contributed by atoms with Crippen LogP contribution in [-0.2, 0) is 28.1 Å². The van der Waals surface area contributed by atoms with Crippen molar-refractivity contribution in [3.05, 3.63) is 113 Å². The van der Waals surface area contributed by atoms with Gasteiger partial charge in [0.1, 0.15) is 18.2 Å². The fourth-order valence-corrected chi connectivity index (χ4v) is 5.09. The molecule has 4 aromatic rings. The number of nitrogens with one attached hydrogen (secondary N) is 1. The van der Waals surface area contributed by atoms with Crippen LogP contribution in [0, 0.1) is 5.82 Å². The van der Waals surface area contributed by atoms with E-state index in [2.05, 4.69) is 35.6 Å². The van der Waals surface area contributed by atoms with Gasteiger partial charge in [0.2, 0.25) is 0 Å². The van der Waals surface area contributed by atoms with Gasteiger partial charge in [-0.15, -0.1) is 0 Å². The van der Waals surface area contributed by atoms with Gasteiger partial charge in [-0.1, -0.05) is 54.6 Å². The Kier molecular flexibility index (Phi) is 7.89. The molecule has 4 aromatic carbocycles. The summed E-state index contributed by atoms with van der Waals surface area (Å²) in [7, 11) is 0. The minimum Gasteiger partial charge on any atom is -0.489 e. The lowest BCUT2D eigenvalue weighted by Crippen LogP contribution is -2.49. The number of carbonyl (C=O) groups is 2. The van der Waals surface area contributed by atoms with E-state index in [0.29, 0.717) is 42.9 Å². The predicted octanol–water partition coefficient (Wildman–Crippen LogP) is 6.01. The van der Waals surface area contributed by atoms with Crippen molar-refractivity contribution < 1.29 is 28.6 Å². The summed E-state index contributed by atoms with van der Waals surface area (Å²) in [6.07, 6.45) is 1.35. The van der Waals surface area contributed by atoms with Crippen molar-refractivity contribution in [2.45, 2.75) is 37.8 Å². The van der Waals surface area contributed by atoms with Crippen molar-refractivity contribution >= 4 is 22.6 Å². The molecular formula is C32H30FNO5. The molecule has 0 bridgehead atoms. The Hall–Kier alpha value is -4.23. The highest BCUT2D eigenvalue weighted by Gasteiger charge is 2.36. The van der Waals surface area contributed by atoms with Gasteiger partial charge in [-0.05, 0) is 71.0 Å². The second kappa shape index (κ2) is 11.7. The number of carboxylic acid groups (broad SMARTS) is 1. The minimum absolute atomic E-state index is 0.0942. The van der Waals surface area contributed by atoms with Crippen molar-refractivity contribution in [1.29, 1.82) is 0 Å². The molecule has 0 unspecified atom stereocenters. The van der Waals surface area contributed by atoms with Crippen LogP contribution in [0.2, 0.25) is 0 Å². The molecular weight excluding hydrogens is 497 g/mol. The third-order valence-electron chi connectivity index (χ3n) is 7.23. The fourth-order valence-electron chi connectivity index (χ4n) is 5.09. The van der Waals surface area contributed by atoms with Crippen LogP contribution in [0.4, 0.5) is 4.39 Å². The summed E-state index contributed by atoms with van der Waals surface area (Å²) in [5.41, 5.74) is 2.15. The molecule has 0 radical (unpaired) electrons. The number of fused-ring (bicyclic) bond motifs is 1. The van der Waals surface area contributed by atoms with E-state index in [4.69, 9.17) is 9.47 Å². The number of aliphatic carboxylic acids is 1. The highest BCUT2D eigenvalue weighted by Crippen LogP contribution is 2.34. The highest BCUT2D eigenvalue weighted by molar-refractivity contribution is 5.97. The lowest BCUT2D eigenvalue weighted by Gasteiger charge is -2.39. The van der Waals surface area contributed by atoms with Crippen LogP contribution in [0.15, 0.2) is 84.9 Å². The molecule has 5 rings (SSSR count). The molecule has 0 spiro atoms. The number of halogens is 1. The summed E-state index contributed by atoms with van der Waals surface area (Å²) in [6.45, 7) is 1.16. The predicted molar refractivity (Wildman–Crippen MR) is 146 cm³/mol. The summed E-state index contributed by atoms with van der Waals surface area (Å²) in [4.78, 5) is 25.2. The van der Waals surface area contributed by atoms with E-state index in [1.807, 2.05) is 12.1 Å². The highest BCUT2D eigenvalue weighted by atomic mass is 19.1. The van der Waals surface area contributed by atoms with E-state index in [-0.39, 0.29) is 25.4 Å². The third-order valence-corrected chi connectivity index (χ3v) is 7.23. The van der Waals surface area contributed by atoms with Gasteiger partial charge >= 0.3 is 5.97 Å². The van der Waals surface area contributed by atoms with Gasteiger partial charge in [0, 0.05) is 31.3 Å². The van der Waals surface area contributed by atoms with Gasteiger partial charge in [-0.25, -0.2) is 4.39 Å². The van der Waals surface area contributed by atoms with Crippen LogP contribution in [0.1, 0.15) is 46.3 Å². The summed E-state index contributed by atoms with van der Waals surface area (Å²) in [5.74, 6) is -1.23. The molecule has 0 saturated carbocycles. The smallest absolute Gasteiger partial charge is 0.303 e. The normalized spacial score (nSPS) is 14.6. The second-order valence-electron chi connectivity index (χ2n) is 9.84. The SMILES string of the molecule is O=C(O)CCc1ccc(COc2cccc(F)c2)cc1C(=O)NC1(c2ccc3ccccc3c2)CCOCC1. The standard InChI is InChI=1S/C32H30FNO5/c33-27-6-3-7-28(20-27)39-21-22-8-9-24(11-13-30(35)36)29(18-22)31(37)34-32(14-16-38-17-15-32)26-12-10-23-4-1-2-5-25(23)19-26/h1-10,12,18-20H,11,13-17,21H2,(H,34,37)(H,35,36). The molecule has 1 heterocycles. The van der Waals surface area contributed by atoms with E-state index in [9.17, 15) is 19.1 Å². The van der Waals surface area contributed by atoms with E-state index in [1.165, 1.54) is 12.1 Å². The Balaban J connectivity index is 1.45. The number of aryl methyl sites for hydroxylation is 1. The van der Waals surface area contributed by atoms with Gasteiger partial charge < -0.3 is 19.9 Å². The maximum Gasteiger partial charge on any atom is 0.303 e. The first kappa shape index (κ1) is 26.4. The first-order chi connectivity index (χ1) is 18.9. The number of amides is 1. The Morgan fingerprint density at radius 2 is 1.72 bits per heavy atom. The lowest BCUT2D eigenvalue weighted by molar-refractivity contribution is -0.136. The van der Waals surface area contributed by atoms with E-state index >= 15 is 0 Å². The largest absolute Gasteiger partial charge is 0.489 e. The molecule has 1 amide bonds. The Bertz CT molecular complexity index is 1500. The maximum absolute atomic E-state index is 13.9. The van der Waals surface area contributed by atoms with Gasteiger partial charge in [0.15, 0.2) is 0 Å².